The van der Waals surface area contributed by atoms with Gasteiger partial charge in [0, 0.05) is 23.9 Å². The van der Waals surface area contributed by atoms with Crippen molar-refractivity contribution < 1.29 is 18.9 Å². The van der Waals surface area contributed by atoms with Gasteiger partial charge in [0.05, 0.1) is 22.8 Å². The van der Waals surface area contributed by atoms with E-state index < -0.39 is 22.6 Å². The minimum absolute atomic E-state index is 0.0433. The maximum absolute atomic E-state index is 13.8. The quantitative estimate of drug-likeness (QED) is 0.194. The molecule has 0 fully saturated rings. The number of aryl methyl sites for hydroxylation is 1. The predicted octanol–water partition coefficient (Wildman–Crippen LogP) is 3.73. The number of nitrogens with one attached hydrogen (secondary N) is 2. The molecule has 0 atom stereocenters. The molecule has 3 rings (SSSR count). The van der Waals surface area contributed by atoms with E-state index in [1.54, 1.807) is 35.8 Å². The fourth-order valence-electron chi connectivity index (χ4n) is 2.98. The molecule has 1 heterocycles. The lowest BCUT2D eigenvalue weighted by Crippen LogP contribution is -2.18. The van der Waals surface area contributed by atoms with Crippen LogP contribution >= 0.6 is 11.8 Å². The zero-order valence-electron chi connectivity index (χ0n) is 18.2. The monoisotopic (exact) mass is 484 g/mol. The molecule has 2 aromatic carbocycles. The highest BCUT2D eigenvalue weighted by atomic mass is 32.2. The van der Waals surface area contributed by atoms with Gasteiger partial charge in [-0.3, -0.25) is 19.7 Å². The summed E-state index contributed by atoms with van der Waals surface area (Å²) in [5.41, 5.74) is 0.766. The van der Waals surface area contributed by atoms with Gasteiger partial charge in [-0.05, 0) is 25.1 Å². The van der Waals surface area contributed by atoms with Gasteiger partial charge in [0.25, 0.3) is 5.69 Å². The van der Waals surface area contributed by atoms with Crippen molar-refractivity contribution in [3.05, 3.63) is 82.4 Å². The molecule has 0 aliphatic rings. The number of carbonyl (C=O) groups excluding carboxylic acids is 2. The van der Waals surface area contributed by atoms with Gasteiger partial charge in [-0.25, -0.2) is 4.39 Å². The van der Waals surface area contributed by atoms with Crippen LogP contribution in [-0.2, 0) is 22.6 Å². The molecular weight excluding hydrogens is 463 g/mol. The second-order valence-electron chi connectivity index (χ2n) is 7.10. The summed E-state index contributed by atoms with van der Waals surface area (Å²) < 4.78 is 15.4. The fourth-order valence-corrected chi connectivity index (χ4v) is 3.75. The van der Waals surface area contributed by atoms with Crippen molar-refractivity contribution in [1.82, 2.24) is 14.8 Å². The van der Waals surface area contributed by atoms with Gasteiger partial charge in [-0.15, -0.1) is 16.8 Å². The van der Waals surface area contributed by atoms with Crippen molar-refractivity contribution >= 4 is 40.6 Å². The number of nitro benzene ring substituents is 1. The molecule has 2 N–H and O–H groups in total. The normalized spacial score (nSPS) is 10.5. The Morgan fingerprint density at radius 3 is 2.68 bits per heavy atom. The van der Waals surface area contributed by atoms with Crippen molar-refractivity contribution in [2.45, 2.75) is 25.0 Å². The molecular formula is C22H21FN6O4S. The zero-order chi connectivity index (χ0) is 24.7. The number of rotatable bonds is 10. The first kappa shape index (κ1) is 24.6. The summed E-state index contributed by atoms with van der Waals surface area (Å²) in [5.74, 6) is -1.14. The number of nitro groups is 1. The third-order valence-electron chi connectivity index (χ3n) is 4.59. The number of anilines is 2. The molecule has 12 heteroatoms. The fraction of sp³-hybridized carbons (Fsp3) is 0.182. The molecule has 10 nitrogen and oxygen atoms in total. The average molecular weight is 485 g/mol. The molecule has 0 aliphatic heterocycles. The predicted molar refractivity (Wildman–Crippen MR) is 126 cm³/mol. The Hall–Kier alpha value is -4.06. The molecule has 1 aromatic heterocycles. The summed E-state index contributed by atoms with van der Waals surface area (Å²) in [6, 6.07) is 10.2. The summed E-state index contributed by atoms with van der Waals surface area (Å²) in [4.78, 5) is 35.3. The third-order valence-corrected chi connectivity index (χ3v) is 5.56. The lowest BCUT2D eigenvalue weighted by atomic mass is 10.2. The highest BCUT2D eigenvalue weighted by Crippen LogP contribution is 2.23. The van der Waals surface area contributed by atoms with Crippen LogP contribution in [0.15, 0.2) is 60.3 Å². The SMILES string of the molecule is C=CCn1c(CC(=O)Nc2ccccc2F)nnc1SCC(=O)Nc1ccc(C)c([N+](=O)[O-])c1. The van der Waals surface area contributed by atoms with Gasteiger partial charge in [0.2, 0.25) is 11.8 Å². The van der Waals surface area contributed by atoms with Crippen LogP contribution < -0.4 is 10.6 Å². The molecule has 0 radical (unpaired) electrons. The number of benzene rings is 2. The van der Waals surface area contributed by atoms with E-state index in [2.05, 4.69) is 27.4 Å². The molecule has 2 amide bonds. The van der Waals surface area contributed by atoms with Crippen LogP contribution in [0.5, 0.6) is 0 Å². The molecule has 0 spiro atoms. The van der Waals surface area contributed by atoms with Gasteiger partial charge in [0.15, 0.2) is 5.16 Å². The van der Waals surface area contributed by atoms with Crippen LogP contribution in [0.3, 0.4) is 0 Å². The number of carbonyl (C=O) groups is 2. The second kappa shape index (κ2) is 11.2. The summed E-state index contributed by atoms with van der Waals surface area (Å²) >= 11 is 1.09. The summed E-state index contributed by atoms with van der Waals surface area (Å²) in [7, 11) is 0. The first-order chi connectivity index (χ1) is 16.3. The van der Waals surface area contributed by atoms with Crippen molar-refractivity contribution in [3.8, 4) is 0 Å². The lowest BCUT2D eigenvalue weighted by Gasteiger charge is -2.09. The first-order valence-corrected chi connectivity index (χ1v) is 11.0. The van der Waals surface area contributed by atoms with Crippen molar-refractivity contribution in [2.75, 3.05) is 16.4 Å². The molecule has 0 unspecified atom stereocenters. The highest BCUT2D eigenvalue weighted by Gasteiger charge is 2.18. The number of thioether (sulfide) groups is 1. The Kier molecular flexibility index (Phi) is 8.09. The molecule has 0 bridgehead atoms. The van der Waals surface area contributed by atoms with E-state index in [0.717, 1.165) is 11.8 Å². The van der Waals surface area contributed by atoms with Crippen LogP contribution in [-0.4, -0.2) is 37.3 Å². The van der Waals surface area contributed by atoms with E-state index in [4.69, 9.17) is 0 Å². The van der Waals surface area contributed by atoms with E-state index in [-0.39, 0.29) is 23.5 Å². The topological polar surface area (TPSA) is 132 Å². The number of allylic oxidation sites excluding steroid dienone is 1. The van der Waals surface area contributed by atoms with Crippen LogP contribution in [0.2, 0.25) is 0 Å². The maximum Gasteiger partial charge on any atom is 0.274 e. The van der Waals surface area contributed by atoms with E-state index in [0.29, 0.717) is 28.8 Å². The van der Waals surface area contributed by atoms with Gasteiger partial charge in [-0.2, -0.15) is 0 Å². The van der Waals surface area contributed by atoms with E-state index in [1.165, 1.54) is 24.3 Å². The first-order valence-electron chi connectivity index (χ1n) is 10.0. The largest absolute Gasteiger partial charge is 0.325 e. The number of amides is 2. The smallest absolute Gasteiger partial charge is 0.274 e. The van der Waals surface area contributed by atoms with Crippen molar-refractivity contribution in [1.29, 1.82) is 0 Å². The number of halogens is 1. The van der Waals surface area contributed by atoms with Crippen LogP contribution in [0.4, 0.5) is 21.5 Å². The van der Waals surface area contributed by atoms with Crippen LogP contribution in [0.25, 0.3) is 0 Å². The minimum Gasteiger partial charge on any atom is -0.325 e. The Morgan fingerprint density at radius 1 is 1.21 bits per heavy atom. The van der Waals surface area contributed by atoms with Gasteiger partial charge in [0.1, 0.15) is 11.6 Å². The summed E-state index contributed by atoms with van der Waals surface area (Å²) in [5, 5.41) is 24.6. The highest BCUT2D eigenvalue weighted by molar-refractivity contribution is 7.99. The van der Waals surface area contributed by atoms with Gasteiger partial charge >= 0.3 is 0 Å². The zero-order valence-corrected chi connectivity index (χ0v) is 19.0. The van der Waals surface area contributed by atoms with Crippen LogP contribution in [0, 0.1) is 22.9 Å². The second-order valence-corrected chi connectivity index (χ2v) is 8.04. The molecule has 0 saturated carbocycles. The number of aromatic nitrogens is 3. The van der Waals surface area contributed by atoms with E-state index in [9.17, 15) is 24.1 Å². The number of hydrogen-bond donors (Lipinski definition) is 2. The van der Waals surface area contributed by atoms with Crippen LogP contribution in [0.1, 0.15) is 11.4 Å². The lowest BCUT2D eigenvalue weighted by molar-refractivity contribution is -0.385. The van der Waals surface area contributed by atoms with E-state index in [1.807, 2.05) is 0 Å². The minimum atomic E-state index is -0.551. The standard InChI is InChI=1S/C22H21FN6O4S/c1-3-10-28-19(12-20(30)25-17-7-5-4-6-16(17)23)26-27-22(28)34-13-21(31)24-15-9-8-14(2)18(11-15)29(32)33/h3-9,11H,1,10,12-13H2,2H3,(H,24,31)(H,25,30). The average Bonchev–Trinajstić information content (AvgIpc) is 3.16. The molecule has 176 valence electrons. The number of para-hydroxylation sites is 1. The number of hydrogen-bond acceptors (Lipinski definition) is 7. The Morgan fingerprint density at radius 2 is 1.97 bits per heavy atom. The third kappa shape index (κ3) is 6.25. The van der Waals surface area contributed by atoms with Gasteiger partial charge < -0.3 is 15.2 Å². The van der Waals surface area contributed by atoms with E-state index >= 15 is 0 Å². The molecule has 0 aliphatic carbocycles. The Labute approximate surface area is 198 Å². The summed E-state index contributed by atoms with van der Waals surface area (Å²) in [6.07, 6.45) is 1.44. The molecule has 0 saturated heterocycles. The maximum atomic E-state index is 13.8. The van der Waals surface area contributed by atoms with Gasteiger partial charge in [-0.1, -0.05) is 36.0 Å². The Balaban J connectivity index is 1.64. The summed E-state index contributed by atoms with van der Waals surface area (Å²) in [6.45, 7) is 5.59. The molecule has 34 heavy (non-hydrogen) atoms. The van der Waals surface area contributed by atoms with Crippen molar-refractivity contribution in [3.63, 3.8) is 0 Å². The Bertz CT molecular complexity index is 1250. The number of nitrogens with zero attached hydrogens (tertiary/aromatic N) is 4. The van der Waals surface area contributed by atoms with Crippen molar-refractivity contribution in [2.24, 2.45) is 0 Å². The molecule has 3 aromatic rings.